The lowest BCUT2D eigenvalue weighted by molar-refractivity contribution is -0.118. The van der Waals surface area contributed by atoms with E-state index in [-0.39, 0.29) is 17.6 Å². The van der Waals surface area contributed by atoms with Crippen LogP contribution in [0, 0.1) is 0 Å². The predicted molar refractivity (Wildman–Crippen MR) is 79.1 cm³/mol. The molecule has 1 aromatic heterocycles. The highest BCUT2D eigenvalue weighted by molar-refractivity contribution is 6.04. The van der Waals surface area contributed by atoms with Crippen molar-refractivity contribution in [3.8, 4) is 0 Å². The Kier molecular flexibility index (Phi) is 4.50. The summed E-state index contributed by atoms with van der Waals surface area (Å²) in [6.07, 6.45) is 1.44. The molecular weight excluding hydrogens is 270 g/mol. The number of hydrogen-bond donors (Lipinski definition) is 2. The number of hydrazone groups is 1. The van der Waals surface area contributed by atoms with E-state index in [0.29, 0.717) is 11.4 Å². The maximum Gasteiger partial charge on any atom is 0.291 e. The minimum absolute atomic E-state index is 0.239. The molecule has 0 bridgehead atoms. The molecule has 6 nitrogen and oxygen atoms in total. The molecule has 2 rings (SSSR count). The molecule has 0 aliphatic heterocycles. The van der Waals surface area contributed by atoms with Gasteiger partial charge in [0.05, 0.1) is 12.0 Å². The van der Waals surface area contributed by atoms with Gasteiger partial charge in [0.15, 0.2) is 5.76 Å². The van der Waals surface area contributed by atoms with E-state index in [1.807, 2.05) is 6.07 Å². The average molecular weight is 285 g/mol. The number of benzene rings is 1. The maximum absolute atomic E-state index is 11.9. The van der Waals surface area contributed by atoms with Gasteiger partial charge in [-0.25, -0.2) is 5.43 Å². The molecule has 0 aliphatic rings. The van der Waals surface area contributed by atoms with Crippen LogP contribution in [0.3, 0.4) is 0 Å². The number of nitrogens with one attached hydrogen (secondary N) is 2. The van der Waals surface area contributed by atoms with E-state index in [1.54, 1.807) is 37.3 Å². The third kappa shape index (κ3) is 4.04. The van der Waals surface area contributed by atoms with Gasteiger partial charge in [0.25, 0.3) is 5.91 Å². The number of anilines is 1. The fraction of sp³-hybridized carbons (Fsp3) is 0.133. The number of furan rings is 1. The molecule has 0 aliphatic carbocycles. The molecule has 0 fully saturated rings. The maximum atomic E-state index is 11.9. The van der Waals surface area contributed by atoms with Crippen LogP contribution in [0.25, 0.3) is 0 Å². The highest BCUT2D eigenvalue weighted by Gasteiger charge is 2.09. The van der Waals surface area contributed by atoms with Crippen LogP contribution in [0.1, 0.15) is 30.0 Å². The van der Waals surface area contributed by atoms with Gasteiger partial charge >= 0.3 is 0 Å². The molecule has 6 heteroatoms. The van der Waals surface area contributed by atoms with E-state index in [9.17, 15) is 9.59 Å². The zero-order chi connectivity index (χ0) is 15.2. The minimum Gasteiger partial charge on any atom is -0.459 e. The van der Waals surface area contributed by atoms with Crippen LogP contribution in [0.5, 0.6) is 0 Å². The normalized spacial score (nSPS) is 11.0. The molecule has 108 valence electrons. The molecule has 2 amide bonds. The van der Waals surface area contributed by atoms with Crippen LogP contribution in [-0.4, -0.2) is 17.5 Å². The molecule has 0 spiro atoms. The summed E-state index contributed by atoms with van der Waals surface area (Å²) >= 11 is 0. The molecular formula is C15H15N3O3. The van der Waals surface area contributed by atoms with Crippen LogP contribution in [-0.2, 0) is 4.79 Å². The van der Waals surface area contributed by atoms with Crippen molar-refractivity contribution in [2.75, 3.05) is 5.32 Å². The second-order valence-corrected chi connectivity index (χ2v) is 4.38. The second kappa shape index (κ2) is 6.51. The van der Waals surface area contributed by atoms with E-state index in [2.05, 4.69) is 15.8 Å². The van der Waals surface area contributed by atoms with Gasteiger partial charge in [0.1, 0.15) is 0 Å². The Morgan fingerprint density at radius 3 is 2.62 bits per heavy atom. The predicted octanol–water partition coefficient (Wildman–Crippen LogP) is 2.39. The van der Waals surface area contributed by atoms with Crippen molar-refractivity contribution >= 4 is 23.2 Å². The Morgan fingerprint density at radius 2 is 1.95 bits per heavy atom. The topological polar surface area (TPSA) is 83.7 Å². The summed E-state index contributed by atoms with van der Waals surface area (Å²) in [5.41, 5.74) is 4.42. The fourth-order valence-electron chi connectivity index (χ4n) is 1.65. The number of carbonyl (C=O) groups excluding carboxylic acids is 2. The van der Waals surface area contributed by atoms with Crippen molar-refractivity contribution in [3.05, 3.63) is 54.0 Å². The highest BCUT2D eigenvalue weighted by Crippen LogP contribution is 2.13. The Balaban J connectivity index is 2.12. The van der Waals surface area contributed by atoms with Crippen molar-refractivity contribution in [3.63, 3.8) is 0 Å². The van der Waals surface area contributed by atoms with Gasteiger partial charge in [-0.3, -0.25) is 9.59 Å². The summed E-state index contributed by atoms with van der Waals surface area (Å²) in [6.45, 7) is 3.15. The fourth-order valence-corrected chi connectivity index (χ4v) is 1.65. The SMILES string of the molecule is CC(=O)NN=C(C)c1cccc(NC(=O)c2ccco2)c1. The molecule has 2 aromatic rings. The van der Waals surface area contributed by atoms with Gasteiger partial charge < -0.3 is 9.73 Å². The lowest BCUT2D eigenvalue weighted by Gasteiger charge is -2.06. The van der Waals surface area contributed by atoms with Crippen molar-refractivity contribution in [1.82, 2.24) is 5.43 Å². The lowest BCUT2D eigenvalue weighted by Crippen LogP contribution is -2.15. The van der Waals surface area contributed by atoms with Gasteiger partial charge in [-0.2, -0.15) is 5.10 Å². The standard InChI is InChI=1S/C15H15N3O3/c1-10(17-18-11(2)19)12-5-3-6-13(9-12)16-15(20)14-7-4-8-21-14/h3-9H,1-2H3,(H,16,20)(H,18,19). The zero-order valence-electron chi connectivity index (χ0n) is 11.7. The number of rotatable bonds is 4. The summed E-state index contributed by atoms with van der Waals surface area (Å²) in [4.78, 5) is 22.7. The molecule has 0 saturated heterocycles. The van der Waals surface area contributed by atoms with Crippen LogP contribution in [0.4, 0.5) is 5.69 Å². The summed E-state index contributed by atoms with van der Waals surface area (Å²) in [7, 11) is 0. The van der Waals surface area contributed by atoms with Crippen LogP contribution < -0.4 is 10.7 Å². The van der Waals surface area contributed by atoms with Crippen molar-refractivity contribution < 1.29 is 14.0 Å². The lowest BCUT2D eigenvalue weighted by atomic mass is 10.1. The van der Waals surface area contributed by atoms with Crippen LogP contribution in [0.2, 0.25) is 0 Å². The van der Waals surface area contributed by atoms with E-state index >= 15 is 0 Å². The van der Waals surface area contributed by atoms with Crippen molar-refractivity contribution in [1.29, 1.82) is 0 Å². The Morgan fingerprint density at radius 1 is 1.14 bits per heavy atom. The Labute approximate surface area is 121 Å². The van der Waals surface area contributed by atoms with E-state index in [1.165, 1.54) is 13.2 Å². The second-order valence-electron chi connectivity index (χ2n) is 4.38. The zero-order valence-corrected chi connectivity index (χ0v) is 11.7. The van der Waals surface area contributed by atoms with Gasteiger partial charge in [-0.15, -0.1) is 0 Å². The average Bonchev–Trinajstić information content (AvgIpc) is 2.99. The summed E-state index contributed by atoms with van der Waals surface area (Å²) in [5.74, 6) is -0.325. The van der Waals surface area contributed by atoms with E-state index < -0.39 is 0 Å². The molecule has 1 heterocycles. The first-order valence-electron chi connectivity index (χ1n) is 6.32. The van der Waals surface area contributed by atoms with E-state index in [4.69, 9.17) is 4.42 Å². The Hall–Kier alpha value is -2.89. The van der Waals surface area contributed by atoms with Crippen LogP contribution in [0.15, 0.2) is 52.2 Å². The number of amides is 2. The summed E-state index contributed by atoms with van der Waals surface area (Å²) < 4.78 is 5.03. The number of hydrogen-bond acceptors (Lipinski definition) is 4. The van der Waals surface area contributed by atoms with Gasteiger partial charge in [0, 0.05) is 12.6 Å². The first-order chi connectivity index (χ1) is 10.1. The van der Waals surface area contributed by atoms with E-state index in [0.717, 1.165) is 5.56 Å². The third-order valence-electron chi connectivity index (χ3n) is 2.66. The Bertz CT molecular complexity index is 675. The first kappa shape index (κ1) is 14.5. The largest absolute Gasteiger partial charge is 0.459 e. The van der Waals surface area contributed by atoms with Gasteiger partial charge in [-0.05, 0) is 36.8 Å². The van der Waals surface area contributed by atoms with Crippen molar-refractivity contribution in [2.24, 2.45) is 5.10 Å². The molecule has 0 unspecified atom stereocenters. The smallest absolute Gasteiger partial charge is 0.291 e. The summed E-state index contributed by atoms with van der Waals surface area (Å²) in [6, 6.07) is 10.4. The molecule has 0 saturated carbocycles. The molecule has 1 aromatic carbocycles. The first-order valence-corrected chi connectivity index (χ1v) is 6.32. The monoisotopic (exact) mass is 285 g/mol. The number of carbonyl (C=O) groups is 2. The summed E-state index contributed by atoms with van der Waals surface area (Å²) in [5, 5.41) is 6.68. The van der Waals surface area contributed by atoms with Gasteiger partial charge in [0.2, 0.25) is 5.91 Å². The molecule has 21 heavy (non-hydrogen) atoms. The van der Waals surface area contributed by atoms with Crippen molar-refractivity contribution in [2.45, 2.75) is 13.8 Å². The molecule has 0 atom stereocenters. The third-order valence-corrected chi connectivity index (χ3v) is 2.66. The molecule has 0 radical (unpaired) electrons. The number of nitrogens with zero attached hydrogens (tertiary/aromatic N) is 1. The quantitative estimate of drug-likeness (QED) is 0.668. The minimum atomic E-state index is -0.325. The van der Waals surface area contributed by atoms with Crippen LogP contribution >= 0.6 is 0 Å². The molecule has 2 N–H and O–H groups in total. The van der Waals surface area contributed by atoms with Gasteiger partial charge in [-0.1, -0.05) is 12.1 Å². The highest BCUT2D eigenvalue weighted by atomic mass is 16.3.